The van der Waals surface area contributed by atoms with E-state index >= 15 is 0 Å². The second-order valence-corrected chi connectivity index (χ2v) is 1.52. The van der Waals surface area contributed by atoms with Gasteiger partial charge in [0.2, 0.25) is 0 Å². The quantitative estimate of drug-likeness (QED) is 0.430. The van der Waals surface area contributed by atoms with E-state index in [0.717, 1.165) is 0 Å². The Morgan fingerprint density at radius 3 is 1.30 bits per heavy atom. The summed E-state index contributed by atoms with van der Waals surface area (Å²) in [6.45, 7) is 0. The van der Waals surface area contributed by atoms with E-state index in [1.807, 2.05) is 0 Å². The minimum Gasteiger partial charge on any atom is -0.844 e. The van der Waals surface area contributed by atoms with Crippen LogP contribution in [-0.4, -0.2) is 34.4 Å². The van der Waals surface area contributed by atoms with Gasteiger partial charge < -0.3 is 20.4 Å². The zero-order valence-corrected chi connectivity index (χ0v) is 4.68. The van der Waals surface area contributed by atoms with Gasteiger partial charge in [-0.05, 0) is 12.2 Å². The van der Waals surface area contributed by atoms with Gasteiger partial charge in [0.05, 0.1) is 0 Å². The van der Waals surface area contributed by atoms with Crippen LogP contribution in [-0.2, 0) is 9.59 Å². The first-order chi connectivity index (χ1) is 4.46. The largest absolute Gasteiger partial charge is 0.844 e. The maximum absolute atomic E-state index is 10.1. The first kappa shape index (κ1) is 8.86. The lowest BCUT2D eigenvalue weighted by atomic mass is 10.2. The Balaban J connectivity index is 4.07. The molecule has 2 atom stereocenters. The van der Waals surface area contributed by atoms with Gasteiger partial charge in [-0.2, -0.15) is 0 Å². The van der Waals surface area contributed by atoms with Crippen molar-refractivity contribution < 1.29 is 30.0 Å². The average Bonchev–Trinajstić information content (AvgIpc) is 1.84. The summed E-state index contributed by atoms with van der Waals surface area (Å²) in [4.78, 5) is 19.3. The van der Waals surface area contributed by atoms with Crippen LogP contribution in [0.3, 0.4) is 0 Å². The number of carboxylic acids is 2. The van der Waals surface area contributed by atoms with Crippen molar-refractivity contribution in [1.82, 2.24) is 0 Å². The molecule has 0 aliphatic heterocycles. The first-order valence-corrected chi connectivity index (χ1v) is 2.24. The Bertz CT molecular complexity index is 134. The number of aliphatic carboxylic acids is 2. The monoisotopic (exact) mass is 148 g/mol. The van der Waals surface area contributed by atoms with Crippen LogP contribution in [0.15, 0.2) is 0 Å². The maximum atomic E-state index is 10.1. The molecule has 58 valence electrons. The van der Waals surface area contributed by atoms with Crippen LogP contribution in [0.1, 0.15) is 0 Å². The van der Waals surface area contributed by atoms with Gasteiger partial charge in [0.15, 0.2) is 0 Å². The number of carbonyl (C=O) groups is 2. The fourth-order valence-corrected chi connectivity index (χ4v) is 0.259. The Labute approximate surface area is 55.3 Å². The minimum atomic E-state index is -2.63. The van der Waals surface area contributed by atoms with Crippen molar-refractivity contribution in [3.63, 3.8) is 0 Å². The van der Waals surface area contributed by atoms with Gasteiger partial charge in [0, 0.05) is 0 Å². The molecule has 0 rings (SSSR count). The van der Waals surface area contributed by atoms with E-state index in [9.17, 15) is 19.8 Å². The highest BCUT2D eigenvalue weighted by Crippen LogP contribution is 1.84. The zero-order valence-electron chi connectivity index (χ0n) is 4.68. The van der Waals surface area contributed by atoms with E-state index in [0.29, 0.717) is 0 Å². The van der Waals surface area contributed by atoms with Gasteiger partial charge in [-0.1, -0.05) is 0 Å². The number of hydrogen-bond acceptors (Lipinski definition) is 4. The topological polar surface area (TPSA) is 121 Å². The van der Waals surface area contributed by atoms with Crippen LogP contribution < -0.4 is 10.2 Å². The lowest BCUT2D eigenvalue weighted by Gasteiger charge is -2.28. The zero-order chi connectivity index (χ0) is 8.31. The molecule has 0 amide bonds. The molecule has 0 fully saturated rings. The Hall–Kier alpha value is -1.14. The molecule has 0 aromatic rings. The second kappa shape index (κ2) is 3.14. The molecule has 0 spiro atoms. The highest BCUT2D eigenvalue weighted by atomic mass is 16.4. The molecule has 0 aromatic carbocycles. The van der Waals surface area contributed by atoms with Gasteiger partial charge in [-0.15, -0.1) is 0 Å². The van der Waals surface area contributed by atoms with Crippen LogP contribution in [0, 0.1) is 0 Å². The third-order valence-corrected chi connectivity index (χ3v) is 0.762. The minimum absolute atomic E-state index is 1.94. The molecule has 0 saturated carbocycles. The lowest BCUT2D eigenvalue weighted by molar-refractivity contribution is -0.507. The van der Waals surface area contributed by atoms with Gasteiger partial charge in [0.25, 0.3) is 11.9 Å². The summed E-state index contributed by atoms with van der Waals surface area (Å²) < 4.78 is 0. The molecule has 0 radical (unpaired) electrons. The fraction of sp³-hybridized carbons (Fsp3) is 0.500. The summed E-state index contributed by atoms with van der Waals surface area (Å²) in [5.74, 6) is -3.88. The van der Waals surface area contributed by atoms with Crippen LogP contribution in [0.4, 0.5) is 0 Å². The molecule has 6 heteroatoms. The highest BCUT2D eigenvalue weighted by molar-refractivity contribution is 5.82. The maximum Gasteiger partial charge on any atom is 0.289 e. The Morgan fingerprint density at radius 2 is 1.20 bits per heavy atom. The van der Waals surface area contributed by atoms with Crippen molar-refractivity contribution in [2.75, 3.05) is 0 Å². The standard InChI is InChI=1S/C4H4O6/c5-1(3(7)8)2(6)4(9)10/h1-2H,(H,7,8)(H,9,10)/q-2/t1-,2-/m0/s1. The molecular weight excluding hydrogens is 144 g/mol. The van der Waals surface area contributed by atoms with Crippen LogP contribution in [0.25, 0.3) is 0 Å². The first-order valence-electron chi connectivity index (χ1n) is 2.24. The molecule has 2 N–H and O–H groups in total. The van der Waals surface area contributed by atoms with E-state index in [1.165, 1.54) is 0 Å². The Morgan fingerprint density at radius 1 is 1.00 bits per heavy atom. The molecular formula is C4H4O6-2. The van der Waals surface area contributed by atoms with Crippen LogP contribution in [0.5, 0.6) is 0 Å². The van der Waals surface area contributed by atoms with Crippen molar-refractivity contribution in [3.05, 3.63) is 0 Å². The predicted octanol–water partition coefficient (Wildman–Crippen LogP) is -3.39. The van der Waals surface area contributed by atoms with Crippen LogP contribution in [0.2, 0.25) is 0 Å². The van der Waals surface area contributed by atoms with Gasteiger partial charge >= 0.3 is 0 Å². The SMILES string of the molecule is O=C(O)[C@@H]([O-])[C@H]([O-])C(=O)O. The fourth-order valence-electron chi connectivity index (χ4n) is 0.259. The van der Waals surface area contributed by atoms with Crippen molar-refractivity contribution in [2.45, 2.75) is 12.2 Å². The van der Waals surface area contributed by atoms with Crippen molar-refractivity contribution in [1.29, 1.82) is 0 Å². The second-order valence-electron chi connectivity index (χ2n) is 1.52. The summed E-state index contributed by atoms with van der Waals surface area (Å²) in [6.07, 6.45) is -5.25. The van der Waals surface area contributed by atoms with E-state index in [2.05, 4.69) is 0 Å². The summed E-state index contributed by atoms with van der Waals surface area (Å²) in [5.41, 5.74) is 0. The molecule has 0 bridgehead atoms. The summed E-state index contributed by atoms with van der Waals surface area (Å²) in [7, 11) is 0. The van der Waals surface area contributed by atoms with E-state index in [1.54, 1.807) is 0 Å². The van der Waals surface area contributed by atoms with Crippen molar-refractivity contribution in [3.8, 4) is 0 Å². The Kier molecular flexibility index (Phi) is 2.78. The summed E-state index contributed by atoms with van der Waals surface area (Å²) >= 11 is 0. The summed E-state index contributed by atoms with van der Waals surface area (Å²) in [5, 5.41) is 35.8. The molecule has 0 aliphatic rings. The van der Waals surface area contributed by atoms with E-state index in [4.69, 9.17) is 10.2 Å². The van der Waals surface area contributed by atoms with Gasteiger partial charge in [0.1, 0.15) is 0 Å². The molecule has 10 heavy (non-hydrogen) atoms. The molecule has 0 unspecified atom stereocenters. The number of rotatable bonds is 3. The normalized spacial score (nSPS) is 15.8. The van der Waals surface area contributed by atoms with Crippen molar-refractivity contribution in [2.24, 2.45) is 0 Å². The highest BCUT2D eigenvalue weighted by Gasteiger charge is 2.12. The van der Waals surface area contributed by atoms with Crippen molar-refractivity contribution >= 4 is 11.9 Å². The number of hydrogen-bond donors (Lipinski definition) is 2. The third-order valence-electron chi connectivity index (χ3n) is 0.762. The molecule has 0 aliphatic carbocycles. The summed E-state index contributed by atoms with van der Waals surface area (Å²) in [6, 6.07) is 0. The van der Waals surface area contributed by atoms with Crippen LogP contribution >= 0.6 is 0 Å². The molecule has 0 saturated heterocycles. The lowest BCUT2D eigenvalue weighted by Crippen LogP contribution is -2.55. The number of carboxylic acid groups (broad SMARTS) is 2. The van der Waals surface area contributed by atoms with E-state index < -0.39 is 24.1 Å². The van der Waals surface area contributed by atoms with Gasteiger partial charge in [-0.3, -0.25) is 9.59 Å². The average molecular weight is 148 g/mol. The molecule has 6 nitrogen and oxygen atoms in total. The smallest absolute Gasteiger partial charge is 0.289 e. The molecule has 0 aromatic heterocycles. The van der Waals surface area contributed by atoms with E-state index in [-0.39, 0.29) is 0 Å². The van der Waals surface area contributed by atoms with Gasteiger partial charge in [-0.25, -0.2) is 0 Å². The predicted molar refractivity (Wildman–Crippen MR) is 22.8 cm³/mol. The molecule has 0 heterocycles. The third kappa shape index (κ3) is 2.00.